The van der Waals surface area contributed by atoms with Crippen LogP contribution in [-0.4, -0.2) is 29.1 Å². The summed E-state index contributed by atoms with van der Waals surface area (Å²) >= 11 is 0. The van der Waals surface area contributed by atoms with Crippen LogP contribution >= 0.6 is 0 Å². The third kappa shape index (κ3) is 3.21. The number of para-hydroxylation sites is 1. The van der Waals surface area contributed by atoms with Gasteiger partial charge in [0.25, 0.3) is 0 Å². The van der Waals surface area contributed by atoms with Crippen molar-refractivity contribution in [2.45, 2.75) is 13.3 Å². The van der Waals surface area contributed by atoms with Gasteiger partial charge < -0.3 is 9.84 Å². The third-order valence-electron chi connectivity index (χ3n) is 4.04. The second-order valence-electron chi connectivity index (χ2n) is 5.76. The van der Waals surface area contributed by atoms with Crippen molar-refractivity contribution >= 4 is 22.8 Å². The number of nitrogens with zero attached hydrogens (tertiary/aromatic N) is 1. The van der Waals surface area contributed by atoms with Gasteiger partial charge in [0.2, 0.25) is 0 Å². The van der Waals surface area contributed by atoms with Crippen LogP contribution in [0.1, 0.15) is 21.5 Å². The number of aliphatic carboxylic acids is 1. The molecule has 1 heterocycles. The first-order valence-corrected chi connectivity index (χ1v) is 7.80. The lowest BCUT2D eigenvalue weighted by molar-refractivity contribution is -0.136. The maximum Gasteiger partial charge on any atom is 0.338 e. The zero-order valence-corrected chi connectivity index (χ0v) is 13.9. The van der Waals surface area contributed by atoms with Crippen LogP contribution < -0.4 is 0 Å². The van der Waals surface area contributed by atoms with Gasteiger partial charge in [-0.05, 0) is 13.0 Å². The molecule has 0 spiro atoms. The molecule has 0 radical (unpaired) electrons. The summed E-state index contributed by atoms with van der Waals surface area (Å²) in [7, 11) is 1.29. The smallest absolute Gasteiger partial charge is 0.338 e. The first-order chi connectivity index (χ1) is 12.0. The van der Waals surface area contributed by atoms with Crippen LogP contribution in [0, 0.1) is 6.92 Å². The third-order valence-corrected chi connectivity index (χ3v) is 4.04. The van der Waals surface area contributed by atoms with Crippen molar-refractivity contribution in [2.75, 3.05) is 7.11 Å². The number of aryl methyl sites for hydroxylation is 1. The predicted molar refractivity (Wildman–Crippen MR) is 94.6 cm³/mol. The molecule has 0 amide bonds. The highest BCUT2D eigenvalue weighted by Gasteiger charge is 2.23. The number of carbonyl (C=O) groups excluding carboxylic acids is 1. The van der Waals surface area contributed by atoms with Crippen molar-refractivity contribution in [1.29, 1.82) is 0 Å². The number of fused-ring (bicyclic) bond motifs is 1. The fourth-order valence-corrected chi connectivity index (χ4v) is 2.86. The molecule has 0 bridgehead atoms. The zero-order valence-electron chi connectivity index (χ0n) is 13.9. The van der Waals surface area contributed by atoms with Crippen molar-refractivity contribution in [2.24, 2.45) is 0 Å². The normalized spacial score (nSPS) is 10.6. The van der Waals surface area contributed by atoms with Crippen LogP contribution in [0.4, 0.5) is 0 Å². The molecule has 0 fully saturated rings. The van der Waals surface area contributed by atoms with Crippen molar-refractivity contribution < 1.29 is 19.4 Å². The van der Waals surface area contributed by atoms with Crippen molar-refractivity contribution in [3.63, 3.8) is 0 Å². The monoisotopic (exact) mass is 335 g/mol. The van der Waals surface area contributed by atoms with E-state index in [1.165, 1.54) is 7.11 Å². The number of pyridine rings is 1. The molecule has 1 aromatic heterocycles. The van der Waals surface area contributed by atoms with Crippen LogP contribution in [0.15, 0.2) is 48.5 Å². The van der Waals surface area contributed by atoms with Crippen LogP contribution in [0.2, 0.25) is 0 Å². The molecule has 0 atom stereocenters. The van der Waals surface area contributed by atoms with E-state index in [4.69, 9.17) is 4.74 Å². The fraction of sp³-hybridized carbons (Fsp3) is 0.150. The number of hydrogen-bond donors (Lipinski definition) is 1. The molecule has 2 aromatic carbocycles. The highest BCUT2D eigenvalue weighted by molar-refractivity contribution is 6.07. The Balaban J connectivity index is 2.39. The summed E-state index contributed by atoms with van der Waals surface area (Å²) in [6, 6.07) is 14.8. The van der Waals surface area contributed by atoms with Crippen LogP contribution in [0.3, 0.4) is 0 Å². The van der Waals surface area contributed by atoms with Crippen molar-refractivity contribution in [3.05, 3.63) is 65.2 Å². The van der Waals surface area contributed by atoms with Gasteiger partial charge >= 0.3 is 11.9 Å². The van der Waals surface area contributed by atoms with Gasteiger partial charge in [0, 0.05) is 16.5 Å². The Kier molecular flexibility index (Phi) is 4.48. The van der Waals surface area contributed by atoms with Crippen molar-refractivity contribution in [1.82, 2.24) is 4.98 Å². The van der Waals surface area contributed by atoms with Gasteiger partial charge in [0.05, 0.1) is 30.3 Å². The molecule has 0 saturated heterocycles. The van der Waals surface area contributed by atoms with Crippen LogP contribution in [-0.2, 0) is 16.0 Å². The molecule has 3 aromatic rings. The first-order valence-electron chi connectivity index (χ1n) is 7.80. The maximum absolute atomic E-state index is 12.4. The summed E-state index contributed by atoms with van der Waals surface area (Å²) in [5.41, 5.74) is 3.57. The number of carboxylic acid groups (broad SMARTS) is 1. The van der Waals surface area contributed by atoms with Gasteiger partial charge in [-0.1, -0.05) is 48.0 Å². The molecule has 0 aliphatic rings. The van der Waals surface area contributed by atoms with E-state index in [1.54, 1.807) is 18.2 Å². The molecule has 1 N–H and O–H groups in total. The summed E-state index contributed by atoms with van der Waals surface area (Å²) in [5.74, 6) is -1.60. The van der Waals surface area contributed by atoms with Gasteiger partial charge in [-0.25, -0.2) is 9.78 Å². The van der Waals surface area contributed by atoms with Gasteiger partial charge in [0.1, 0.15) is 0 Å². The maximum atomic E-state index is 12.4. The summed E-state index contributed by atoms with van der Waals surface area (Å²) in [6.07, 6.45) is -0.314. The largest absolute Gasteiger partial charge is 0.481 e. The number of aromatic nitrogens is 1. The molecular formula is C20H17NO4. The highest BCUT2D eigenvalue weighted by atomic mass is 16.5. The topological polar surface area (TPSA) is 76.5 Å². The number of benzene rings is 2. The minimum absolute atomic E-state index is 0.256. The average Bonchev–Trinajstić information content (AvgIpc) is 2.61. The Bertz CT molecular complexity index is 961. The summed E-state index contributed by atoms with van der Waals surface area (Å²) in [6.45, 7) is 1.97. The Hall–Kier alpha value is -3.21. The lowest BCUT2D eigenvalue weighted by Gasteiger charge is -2.15. The zero-order chi connectivity index (χ0) is 18.0. The number of carbonyl (C=O) groups is 2. The number of rotatable bonds is 4. The molecule has 5 nitrogen and oxygen atoms in total. The van der Waals surface area contributed by atoms with Crippen molar-refractivity contribution in [3.8, 4) is 11.3 Å². The minimum atomic E-state index is -1.03. The second kappa shape index (κ2) is 6.73. The van der Waals surface area contributed by atoms with Gasteiger partial charge in [0.15, 0.2) is 0 Å². The quantitative estimate of drug-likeness (QED) is 0.737. The van der Waals surface area contributed by atoms with E-state index in [-0.39, 0.29) is 12.0 Å². The average molecular weight is 335 g/mol. The second-order valence-corrected chi connectivity index (χ2v) is 5.76. The highest BCUT2D eigenvalue weighted by Crippen LogP contribution is 2.31. The summed E-state index contributed by atoms with van der Waals surface area (Å²) in [5, 5.41) is 9.94. The molecule has 126 valence electrons. The van der Waals surface area contributed by atoms with Crippen LogP contribution in [0.5, 0.6) is 0 Å². The van der Waals surface area contributed by atoms with E-state index in [2.05, 4.69) is 4.98 Å². The Morgan fingerprint density at radius 1 is 1.08 bits per heavy atom. The standard InChI is InChI=1S/C20H17NO4/c1-12-7-9-13(10-8-12)19-15(11-17(22)23)18(20(24)25-2)14-5-3-4-6-16(14)21-19/h3-10H,11H2,1-2H3,(H,22,23). The van der Waals surface area contributed by atoms with E-state index in [0.717, 1.165) is 11.1 Å². The molecule has 3 rings (SSSR count). The minimum Gasteiger partial charge on any atom is -0.481 e. The molecule has 0 aliphatic heterocycles. The predicted octanol–water partition coefficient (Wildman–Crippen LogP) is 3.62. The van der Waals surface area contributed by atoms with E-state index >= 15 is 0 Å². The molecular weight excluding hydrogens is 318 g/mol. The van der Waals surface area contributed by atoms with Gasteiger partial charge in [-0.3, -0.25) is 4.79 Å². The Morgan fingerprint density at radius 3 is 2.40 bits per heavy atom. The molecule has 0 unspecified atom stereocenters. The lowest BCUT2D eigenvalue weighted by Crippen LogP contribution is -2.13. The van der Waals surface area contributed by atoms with Crippen LogP contribution in [0.25, 0.3) is 22.2 Å². The lowest BCUT2D eigenvalue weighted by atomic mass is 9.94. The fourth-order valence-electron chi connectivity index (χ4n) is 2.86. The molecule has 5 heteroatoms. The van der Waals surface area contributed by atoms with E-state index in [0.29, 0.717) is 22.2 Å². The Labute approximate surface area is 144 Å². The van der Waals surface area contributed by atoms with Gasteiger partial charge in [-0.2, -0.15) is 0 Å². The van der Waals surface area contributed by atoms with E-state index in [9.17, 15) is 14.7 Å². The van der Waals surface area contributed by atoms with Gasteiger partial charge in [-0.15, -0.1) is 0 Å². The first kappa shape index (κ1) is 16.6. The number of ether oxygens (including phenoxy) is 1. The molecule has 25 heavy (non-hydrogen) atoms. The summed E-state index contributed by atoms with van der Waals surface area (Å²) < 4.78 is 4.92. The molecule has 0 aliphatic carbocycles. The SMILES string of the molecule is COC(=O)c1c(CC(=O)O)c(-c2ccc(C)cc2)nc2ccccc12. The number of esters is 1. The van der Waals surface area contributed by atoms with E-state index in [1.807, 2.05) is 37.3 Å². The Morgan fingerprint density at radius 2 is 1.76 bits per heavy atom. The number of hydrogen-bond acceptors (Lipinski definition) is 4. The number of methoxy groups -OCH3 is 1. The van der Waals surface area contributed by atoms with E-state index < -0.39 is 11.9 Å². The molecule has 0 saturated carbocycles. The number of carboxylic acids is 1. The summed E-state index contributed by atoms with van der Waals surface area (Å²) in [4.78, 5) is 28.5.